The lowest BCUT2D eigenvalue weighted by atomic mass is 10.1. The van der Waals surface area contributed by atoms with Gasteiger partial charge in [-0.2, -0.15) is 0 Å². The van der Waals surface area contributed by atoms with Crippen molar-refractivity contribution < 1.29 is 4.74 Å². The maximum atomic E-state index is 5.13. The average molecular weight is 325 g/mol. The first kappa shape index (κ1) is 15.8. The fourth-order valence-electron chi connectivity index (χ4n) is 2.34. The summed E-state index contributed by atoms with van der Waals surface area (Å²) in [6.45, 7) is 0.695. The topological polar surface area (TPSA) is 39.9 Å². The molecule has 2 aromatic carbocycles. The molecule has 3 rings (SSSR count). The normalized spacial score (nSPS) is 10.8. The van der Waals surface area contributed by atoms with Crippen LogP contribution in [0.1, 0.15) is 11.4 Å². The van der Waals surface area contributed by atoms with Gasteiger partial charge in [0, 0.05) is 25.0 Å². The molecule has 0 spiro atoms. The molecule has 0 saturated carbocycles. The molecular weight excluding hydrogens is 306 g/mol. The largest absolute Gasteiger partial charge is 0.384 e. The predicted molar refractivity (Wildman–Crippen MR) is 93.2 cm³/mol. The highest BCUT2D eigenvalue weighted by Crippen LogP contribution is 2.23. The molecule has 0 saturated heterocycles. The van der Waals surface area contributed by atoms with Gasteiger partial charge in [0.1, 0.15) is 5.82 Å². The predicted octanol–water partition coefficient (Wildman–Crippen LogP) is 3.60. The van der Waals surface area contributed by atoms with E-state index in [-0.39, 0.29) is 0 Å². The fraction of sp³-hybridized carbons (Fsp3) is 0.222. The molecule has 0 aliphatic heterocycles. The summed E-state index contributed by atoms with van der Waals surface area (Å²) in [6.07, 6.45) is 0.758. The molecule has 0 bridgehead atoms. The maximum absolute atomic E-state index is 5.13. The standard InChI is InChI=1S/C18H19N3OS/c1-22-12-13-23-18-20-19-17(14-15-8-4-2-5-9-15)21(18)16-10-6-3-7-11-16/h2-11H,12-14H2,1H3. The Morgan fingerprint density at radius 1 is 0.957 bits per heavy atom. The van der Waals surface area contributed by atoms with E-state index in [9.17, 15) is 0 Å². The summed E-state index contributed by atoms with van der Waals surface area (Å²) in [5.41, 5.74) is 2.31. The van der Waals surface area contributed by atoms with Crippen LogP contribution in [0.5, 0.6) is 0 Å². The van der Waals surface area contributed by atoms with E-state index in [1.54, 1.807) is 18.9 Å². The van der Waals surface area contributed by atoms with Crippen molar-refractivity contribution in [1.29, 1.82) is 0 Å². The van der Waals surface area contributed by atoms with Crippen LogP contribution in [-0.4, -0.2) is 34.2 Å². The van der Waals surface area contributed by atoms with E-state index >= 15 is 0 Å². The van der Waals surface area contributed by atoms with Crippen molar-refractivity contribution in [1.82, 2.24) is 14.8 Å². The molecule has 4 nitrogen and oxygen atoms in total. The Hall–Kier alpha value is -2.11. The number of aromatic nitrogens is 3. The van der Waals surface area contributed by atoms with E-state index in [0.717, 1.165) is 28.8 Å². The molecule has 118 valence electrons. The van der Waals surface area contributed by atoms with Gasteiger partial charge in [-0.25, -0.2) is 0 Å². The second-order valence-electron chi connectivity index (χ2n) is 5.07. The molecule has 0 aliphatic rings. The molecule has 1 heterocycles. The van der Waals surface area contributed by atoms with Gasteiger partial charge in [-0.3, -0.25) is 4.57 Å². The number of thioether (sulfide) groups is 1. The Balaban J connectivity index is 1.92. The number of hydrogen-bond acceptors (Lipinski definition) is 4. The molecule has 0 fully saturated rings. The second kappa shape index (κ2) is 7.94. The van der Waals surface area contributed by atoms with E-state index in [2.05, 4.69) is 39.0 Å². The lowest BCUT2D eigenvalue weighted by Crippen LogP contribution is -2.04. The molecule has 5 heteroatoms. The van der Waals surface area contributed by atoms with Gasteiger partial charge in [0.05, 0.1) is 6.61 Å². The summed E-state index contributed by atoms with van der Waals surface area (Å²) in [5.74, 6) is 1.80. The van der Waals surface area contributed by atoms with Gasteiger partial charge in [-0.15, -0.1) is 10.2 Å². The van der Waals surface area contributed by atoms with Crippen LogP contribution in [0.4, 0.5) is 0 Å². The van der Waals surface area contributed by atoms with E-state index in [0.29, 0.717) is 6.61 Å². The zero-order valence-electron chi connectivity index (χ0n) is 13.1. The molecule has 23 heavy (non-hydrogen) atoms. The van der Waals surface area contributed by atoms with Crippen molar-refractivity contribution >= 4 is 11.8 Å². The summed E-state index contributed by atoms with van der Waals surface area (Å²) in [7, 11) is 1.71. The minimum absolute atomic E-state index is 0.695. The van der Waals surface area contributed by atoms with Gasteiger partial charge < -0.3 is 4.74 Å². The Morgan fingerprint density at radius 3 is 2.35 bits per heavy atom. The number of benzene rings is 2. The number of nitrogens with zero attached hydrogens (tertiary/aromatic N) is 3. The van der Waals surface area contributed by atoms with Crippen LogP contribution < -0.4 is 0 Å². The smallest absolute Gasteiger partial charge is 0.195 e. The Bertz CT molecular complexity index is 729. The van der Waals surface area contributed by atoms with E-state index in [1.165, 1.54) is 5.56 Å². The third-order valence-corrected chi connectivity index (χ3v) is 4.33. The Morgan fingerprint density at radius 2 is 1.65 bits per heavy atom. The van der Waals surface area contributed by atoms with Crippen molar-refractivity contribution in [2.75, 3.05) is 19.5 Å². The number of hydrogen-bond donors (Lipinski definition) is 0. The van der Waals surface area contributed by atoms with Crippen LogP contribution in [-0.2, 0) is 11.2 Å². The summed E-state index contributed by atoms with van der Waals surface area (Å²) in [6, 6.07) is 20.6. The van der Waals surface area contributed by atoms with Crippen LogP contribution in [0.15, 0.2) is 65.8 Å². The summed E-state index contributed by atoms with van der Waals surface area (Å²) in [5, 5.41) is 9.70. The lowest BCUT2D eigenvalue weighted by molar-refractivity contribution is 0.218. The molecule has 0 atom stereocenters. The Kier molecular flexibility index (Phi) is 5.45. The molecule has 1 aromatic heterocycles. The second-order valence-corrected chi connectivity index (χ2v) is 6.14. The summed E-state index contributed by atoms with van der Waals surface area (Å²) >= 11 is 1.66. The summed E-state index contributed by atoms with van der Waals surface area (Å²) < 4.78 is 7.27. The van der Waals surface area contributed by atoms with E-state index in [1.807, 2.05) is 36.4 Å². The first-order valence-corrected chi connectivity index (χ1v) is 8.52. The van der Waals surface area contributed by atoms with Gasteiger partial charge in [0.25, 0.3) is 0 Å². The van der Waals surface area contributed by atoms with Gasteiger partial charge in [-0.05, 0) is 17.7 Å². The molecule has 3 aromatic rings. The third-order valence-electron chi connectivity index (χ3n) is 3.44. The van der Waals surface area contributed by atoms with E-state index < -0.39 is 0 Å². The zero-order chi connectivity index (χ0) is 15.9. The SMILES string of the molecule is COCCSc1nnc(Cc2ccccc2)n1-c1ccccc1. The number of methoxy groups -OCH3 is 1. The van der Waals surface area contributed by atoms with Gasteiger partial charge >= 0.3 is 0 Å². The first-order chi connectivity index (χ1) is 11.4. The van der Waals surface area contributed by atoms with E-state index in [4.69, 9.17) is 4.74 Å². The lowest BCUT2D eigenvalue weighted by Gasteiger charge is -2.10. The number of ether oxygens (including phenoxy) is 1. The number of para-hydroxylation sites is 1. The van der Waals surface area contributed by atoms with Crippen molar-refractivity contribution in [3.8, 4) is 5.69 Å². The molecule has 0 aliphatic carbocycles. The van der Waals surface area contributed by atoms with Gasteiger partial charge in [0.2, 0.25) is 0 Å². The van der Waals surface area contributed by atoms with Crippen LogP contribution in [0.3, 0.4) is 0 Å². The minimum Gasteiger partial charge on any atom is -0.384 e. The van der Waals surface area contributed by atoms with Gasteiger partial charge in [0.15, 0.2) is 5.16 Å². The summed E-state index contributed by atoms with van der Waals surface area (Å²) in [4.78, 5) is 0. The van der Waals surface area contributed by atoms with Crippen LogP contribution in [0, 0.1) is 0 Å². The average Bonchev–Trinajstić information content (AvgIpc) is 2.99. The highest BCUT2D eigenvalue weighted by atomic mass is 32.2. The first-order valence-electron chi connectivity index (χ1n) is 7.54. The monoisotopic (exact) mass is 325 g/mol. The zero-order valence-corrected chi connectivity index (χ0v) is 13.9. The Labute approximate surface area is 140 Å². The molecule has 0 unspecified atom stereocenters. The van der Waals surface area contributed by atoms with Gasteiger partial charge in [-0.1, -0.05) is 60.3 Å². The number of rotatable bonds is 7. The van der Waals surface area contributed by atoms with Crippen molar-refractivity contribution in [2.24, 2.45) is 0 Å². The highest BCUT2D eigenvalue weighted by molar-refractivity contribution is 7.99. The van der Waals surface area contributed by atoms with Crippen molar-refractivity contribution in [2.45, 2.75) is 11.6 Å². The molecule has 0 N–H and O–H groups in total. The molecule has 0 radical (unpaired) electrons. The van der Waals surface area contributed by atoms with Crippen LogP contribution in [0.25, 0.3) is 5.69 Å². The van der Waals surface area contributed by atoms with Crippen molar-refractivity contribution in [3.63, 3.8) is 0 Å². The van der Waals surface area contributed by atoms with Crippen molar-refractivity contribution in [3.05, 3.63) is 72.1 Å². The van der Waals surface area contributed by atoms with Crippen LogP contribution >= 0.6 is 11.8 Å². The maximum Gasteiger partial charge on any atom is 0.195 e. The highest BCUT2D eigenvalue weighted by Gasteiger charge is 2.14. The fourth-order valence-corrected chi connectivity index (χ4v) is 3.21. The third kappa shape index (κ3) is 4.00. The molecule has 0 amide bonds. The van der Waals surface area contributed by atoms with Crippen LogP contribution in [0.2, 0.25) is 0 Å². The quantitative estimate of drug-likeness (QED) is 0.491. The minimum atomic E-state index is 0.695. The molecular formula is C18H19N3OS.